The van der Waals surface area contributed by atoms with E-state index in [2.05, 4.69) is 10.2 Å². The molecule has 0 aliphatic carbocycles. The van der Waals surface area contributed by atoms with Crippen LogP contribution in [0.1, 0.15) is 0 Å². The highest BCUT2D eigenvalue weighted by molar-refractivity contribution is 14.1. The van der Waals surface area contributed by atoms with Crippen molar-refractivity contribution < 1.29 is 13.6 Å². The first kappa shape index (κ1) is 9.71. The Bertz CT molecular complexity index is 272. The largest absolute Gasteiger partial charge is 0.372 e. The molecule has 1 amide bonds. The third-order valence-electron chi connectivity index (χ3n) is 0.838. The molecule has 0 fully saturated rings. The molecule has 0 spiro atoms. The normalized spacial score (nSPS) is 11.2. The van der Waals surface area contributed by atoms with Crippen LogP contribution in [0.5, 0.6) is 0 Å². The molecule has 1 N–H and O–H groups in total. The Kier molecular flexibility index (Phi) is 2.88. The molecule has 0 atom stereocenters. The van der Waals surface area contributed by atoms with Gasteiger partial charge in [0.25, 0.3) is 0 Å². The number of carbonyl (C=O) groups is 1. The van der Waals surface area contributed by atoms with Gasteiger partial charge in [-0.15, -0.1) is 10.2 Å². The molecule has 66 valence electrons. The molecule has 8 heteroatoms. The van der Waals surface area contributed by atoms with Gasteiger partial charge in [-0.1, -0.05) is 11.3 Å². The molecule has 0 aliphatic rings. The molecular formula is C4H2F2IN3OS. The first-order valence-electron chi connectivity index (χ1n) is 2.64. The third kappa shape index (κ3) is 2.59. The second-order valence-corrected chi connectivity index (χ2v) is 3.88. The number of amides is 1. The minimum absolute atomic E-state index is 0.0661. The maximum absolute atomic E-state index is 12.2. The minimum Gasteiger partial charge on any atom is -0.295 e. The lowest BCUT2D eigenvalue weighted by atomic mass is 10.6. The van der Waals surface area contributed by atoms with Gasteiger partial charge in [-0.05, 0) is 0 Å². The average Bonchev–Trinajstić information content (AvgIpc) is 2.37. The number of aromatic nitrogens is 2. The monoisotopic (exact) mass is 305 g/mol. The number of alkyl halides is 3. The summed E-state index contributed by atoms with van der Waals surface area (Å²) in [6.45, 7) is 0. The summed E-state index contributed by atoms with van der Waals surface area (Å²) < 4.78 is 21.1. The van der Waals surface area contributed by atoms with Crippen LogP contribution in [0.3, 0.4) is 0 Å². The average molecular weight is 305 g/mol. The molecule has 0 saturated carbocycles. The van der Waals surface area contributed by atoms with Gasteiger partial charge in [0, 0.05) is 22.6 Å². The summed E-state index contributed by atoms with van der Waals surface area (Å²) in [6.07, 6.45) is 0. The molecular weight excluding hydrogens is 303 g/mol. The summed E-state index contributed by atoms with van der Waals surface area (Å²) in [7, 11) is 0. The van der Waals surface area contributed by atoms with E-state index in [0.717, 1.165) is 33.9 Å². The topological polar surface area (TPSA) is 54.9 Å². The standard InChI is InChI=1S/C4H2F2IN3OS/c5-4(6,7)2(11)9-3-10-8-1-12-3/h1H,(H,9,10,11). The highest BCUT2D eigenvalue weighted by Crippen LogP contribution is 2.24. The van der Waals surface area contributed by atoms with Crippen LogP contribution in [0.4, 0.5) is 13.9 Å². The zero-order chi connectivity index (χ0) is 9.19. The summed E-state index contributed by atoms with van der Waals surface area (Å²) in [4.78, 5) is 10.6. The van der Waals surface area contributed by atoms with E-state index >= 15 is 0 Å². The quantitative estimate of drug-likeness (QED) is 0.665. The summed E-state index contributed by atoms with van der Waals surface area (Å²) in [5.41, 5.74) is 1.33. The fraction of sp³-hybridized carbons (Fsp3) is 0.250. The number of nitrogens with zero attached hydrogens (tertiary/aromatic N) is 2. The van der Waals surface area contributed by atoms with Gasteiger partial charge in [0.15, 0.2) is 0 Å². The number of nitrogens with one attached hydrogen (secondary N) is 1. The number of carbonyl (C=O) groups excluding carboxylic acids is 1. The maximum Gasteiger partial charge on any atom is 0.372 e. The number of hydrogen-bond acceptors (Lipinski definition) is 4. The van der Waals surface area contributed by atoms with Crippen molar-refractivity contribution in [1.29, 1.82) is 0 Å². The van der Waals surface area contributed by atoms with Gasteiger partial charge < -0.3 is 0 Å². The smallest absolute Gasteiger partial charge is 0.295 e. The van der Waals surface area contributed by atoms with Crippen LogP contribution in [0.25, 0.3) is 0 Å². The molecule has 1 heterocycles. The molecule has 1 rings (SSSR count). The van der Waals surface area contributed by atoms with Gasteiger partial charge in [0.1, 0.15) is 5.51 Å². The molecule has 4 nitrogen and oxygen atoms in total. The van der Waals surface area contributed by atoms with E-state index in [1.54, 1.807) is 0 Å². The Balaban J connectivity index is 2.60. The number of rotatable bonds is 2. The molecule has 0 bridgehead atoms. The maximum atomic E-state index is 12.2. The molecule has 0 aliphatic heterocycles. The van der Waals surface area contributed by atoms with Crippen LogP contribution in [0.15, 0.2) is 5.51 Å². The van der Waals surface area contributed by atoms with Gasteiger partial charge in [-0.25, -0.2) is 0 Å². The zero-order valence-electron chi connectivity index (χ0n) is 5.42. The molecule has 0 saturated heterocycles. The molecule has 0 aromatic carbocycles. The van der Waals surface area contributed by atoms with E-state index in [4.69, 9.17) is 0 Å². The fourth-order valence-corrected chi connectivity index (χ4v) is 0.970. The van der Waals surface area contributed by atoms with Crippen molar-refractivity contribution in [3.63, 3.8) is 0 Å². The molecule has 0 radical (unpaired) electrons. The minimum atomic E-state index is -3.41. The Morgan fingerprint density at radius 1 is 1.75 bits per heavy atom. The van der Waals surface area contributed by atoms with Crippen molar-refractivity contribution in [2.24, 2.45) is 0 Å². The van der Waals surface area contributed by atoms with Crippen LogP contribution in [-0.4, -0.2) is 20.0 Å². The molecule has 1 aromatic heterocycles. The van der Waals surface area contributed by atoms with Crippen molar-refractivity contribution in [1.82, 2.24) is 10.2 Å². The van der Waals surface area contributed by atoms with Crippen LogP contribution in [0, 0.1) is 0 Å². The Hall–Kier alpha value is -0.380. The highest BCUT2D eigenvalue weighted by Gasteiger charge is 2.35. The highest BCUT2D eigenvalue weighted by atomic mass is 127. The Labute approximate surface area is 83.5 Å². The van der Waals surface area contributed by atoms with Crippen molar-refractivity contribution in [2.45, 2.75) is 3.93 Å². The SMILES string of the molecule is O=C(Nc1nncs1)C(F)(F)I. The summed E-state index contributed by atoms with van der Waals surface area (Å²) in [5, 5.41) is 8.71. The van der Waals surface area contributed by atoms with Crippen LogP contribution in [-0.2, 0) is 4.79 Å². The first-order chi connectivity index (χ1) is 5.50. The van der Waals surface area contributed by atoms with Crippen molar-refractivity contribution in [3.05, 3.63) is 5.51 Å². The van der Waals surface area contributed by atoms with Crippen molar-refractivity contribution >= 4 is 45.0 Å². The lowest BCUT2D eigenvalue weighted by Crippen LogP contribution is -2.28. The lowest BCUT2D eigenvalue weighted by molar-refractivity contribution is -0.127. The van der Waals surface area contributed by atoms with E-state index in [1.165, 1.54) is 5.51 Å². The van der Waals surface area contributed by atoms with Crippen LogP contribution in [0.2, 0.25) is 0 Å². The van der Waals surface area contributed by atoms with E-state index in [0.29, 0.717) is 0 Å². The third-order valence-corrected chi connectivity index (χ3v) is 1.93. The summed E-state index contributed by atoms with van der Waals surface area (Å²) in [5.74, 6) is -1.39. The second kappa shape index (κ2) is 3.56. The predicted molar refractivity (Wildman–Crippen MR) is 47.5 cm³/mol. The molecule has 0 unspecified atom stereocenters. The van der Waals surface area contributed by atoms with Crippen LogP contribution < -0.4 is 5.32 Å². The van der Waals surface area contributed by atoms with Crippen LogP contribution >= 0.6 is 33.9 Å². The number of hydrogen-bond donors (Lipinski definition) is 1. The summed E-state index contributed by atoms with van der Waals surface area (Å²) in [6, 6.07) is 0. The first-order valence-corrected chi connectivity index (χ1v) is 4.60. The van der Waals surface area contributed by atoms with Gasteiger partial charge in [0.05, 0.1) is 0 Å². The predicted octanol–water partition coefficient (Wildman–Crippen LogP) is 1.50. The number of anilines is 1. The summed E-state index contributed by atoms with van der Waals surface area (Å²) >= 11 is 1.72. The van der Waals surface area contributed by atoms with E-state index in [9.17, 15) is 13.6 Å². The van der Waals surface area contributed by atoms with Gasteiger partial charge in [-0.2, -0.15) is 8.78 Å². The van der Waals surface area contributed by atoms with Crippen molar-refractivity contribution in [3.8, 4) is 0 Å². The van der Waals surface area contributed by atoms with Gasteiger partial charge in [-0.3, -0.25) is 10.1 Å². The van der Waals surface area contributed by atoms with E-state index in [-0.39, 0.29) is 5.13 Å². The van der Waals surface area contributed by atoms with Gasteiger partial charge >= 0.3 is 9.84 Å². The second-order valence-electron chi connectivity index (χ2n) is 1.70. The Morgan fingerprint density at radius 2 is 2.42 bits per heavy atom. The lowest BCUT2D eigenvalue weighted by Gasteiger charge is -2.05. The van der Waals surface area contributed by atoms with E-state index < -0.39 is 9.84 Å². The number of halogens is 3. The van der Waals surface area contributed by atoms with E-state index in [1.807, 2.05) is 5.32 Å². The molecule has 12 heavy (non-hydrogen) atoms. The van der Waals surface area contributed by atoms with Gasteiger partial charge in [0.2, 0.25) is 5.13 Å². The zero-order valence-corrected chi connectivity index (χ0v) is 8.40. The van der Waals surface area contributed by atoms with Crippen molar-refractivity contribution in [2.75, 3.05) is 5.32 Å². The Morgan fingerprint density at radius 3 is 2.83 bits per heavy atom. The molecule has 1 aromatic rings. The fourth-order valence-electron chi connectivity index (χ4n) is 0.396.